The molecule has 1 amide bonds. The number of nitrogens with one attached hydrogen (secondary N) is 1. The molecule has 0 aromatic rings. The lowest BCUT2D eigenvalue weighted by atomic mass is 9.89. The molecule has 0 radical (unpaired) electrons. The maximum Gasteiger partial charge on any atom is 0.258 e. The third-order valence-corrected chi connectivity index (χ3v) is 2.79. The second-order valence-corrected chi connectivity index (χ2v) is 5.04. The summed E-state index contributed by atoms with van der Waals surface area (Å²) in [5, 5.41) is 3.23. The Morgan fingerprint density at radius 3 is 2.76 bits per heavy atom. The number of hydrogen-bond donors (Lipinski definition) is 1. The first-order valence-corrected chi connectivity index (χ1v) is 5.66. The van der Waals surface area contributed by atoms with Gasteiger partial charge in [-0.25, -0.2) is 0 Å². The van der Waals surface area contributed by atoms with Crippen LogP contribution in [-0.4, -0.2) is 24.5 Å². The van der Waals surface area contributed by atoms with Gasteiger partial charge in [0.1, 0.15) is 5.82 Å². The van der Waals surface area contributed by atoms with E-state index in [-0.39, 0.29) is 11.3 Å². The van der Waals surface area contributed by atoms with Gasteiger partial charge in [-0.05, 0) is 13.0 Å². The molecular weight excluding hydrogens is 216 g/mol. The lowest BCUT2D eigenvalue weighted by Gasteiger charge is -2.37. The van der Waals surface area contributed by atoms with Crippen molar-refractivity contribution in [3.8, 4) is 0 Å². The number of fused-ring (bicyclic) bond motifs is 1. The summed E-state index contributed by atoms with van der Waals surface area (Å²) in [4.78, 5) is 13.7. The molecule has 4 heteroatoms. The van der Waals surface area contributed by atoms with Crippen LogP contribution in [0.4, 0.5) is 0 Å². The molecule has 1 N–H and O–H groups in total. The zero-order valence-corrected chi connectivity index (χ0v) is 10.7. The van der Waals surface area contributed by atoms with E-state index < -0.39 is 0 Å². The first-order valence-electron chi connectivity index (χ1n) is 5.66. The van der Waals surface area contributed by atoms with Gasteiger partial charge in [0.25, 0.3) is 5.91 Å². The van der Waals surface area contributed by atoms with Gasteiger partial charge in [-0.15, -0.1) is 0 Å². The minimum absolute atomic E-state index is 0.0219. The fourth-order valence-corrected chi connectivity index (χ4v) is 2.28. The van der Waals surface area contributed by atoms with Gasteiger partial charge in [0.2, 0.25) is 0 Å². The number of nitrogens with zero attached hydrogens (tertiary/aromatic N) is 1. The van der Waals surface area contributed by atoms with E-state index in [2.05, 4.69) is 31.3 Å². The topological polar surface area (TPSA) is 41.6 Å². The largest absolute Gasteiger partial charge is 0.378 e. The highest BCUT2D eigenvalue weighted by molar-refractivity contribution is 5.92. The Morgan fingerprint density at radius 2 is 2.12 bits per heavy atom. The summed E-state index contributed by atoms with van der Waals surface area (Å²) in [6.07, 6.45) is 5.72. The van der Waals surface area contributed by atoms with E-state index in [1.807, 2.05) is 6.92 Å². The Morgan fingerprint density at radius 1 is 1.41 bits per heavy atom. The highest BCUT2D eigenvalue weighted by Crippen LogP contribution is 2.32. The molecule has 92 valence electrons. The molecule has 0 saturated carbocycles. The van der Waals surface area contributed by atoms with Crippen LogP contribution in [0.3, 0.4) is 0 Å². The van der Waals surface area contributed by atoms with Crippen molar-refractivity contribution in [2.24, 2.45) is 5.41 Å². The van der Waals surface area contributed by atoms with Gasteiger partial charge in [0, 0.05) is 30.0 Å². The first kappa shape index (κ1) is 11.9. The summed E-state index contributed by atoms with van der Waals surface area (Å²) in [6, 6.07) is 0. The molecule has 0 aliphatic carbocycles. The molecular formula is C13H18N2O2. The summed E-state index contributed by atoms with van der Waals surface area (Å²) < 4.78 is 5.04. The average Bonchev–Trinajstić information content (AvgIpc) is 2.13. The zero-order valence-electron chi connectivity index (χ0n) is 10.7. The average molecular weight is 234 g/mol. The van der Waals surface area contributed by atoms with Gasteiger partial charge in [-0.3, -0.25) is 9.69 Å². The summed E-state index contributed by atoms with van der Waals surface area (Å²) >= 11 is 0. The molecule has 2 heterocycles. The molecule has 0 fully saturated rings. The Kier molecular flexibility index (Phi) is 2.83. The van der Waals surface area contributed by atoms with E-state index in [0.717, 1.165) is 17.2 Å². The Hall–Kier alpha value is -1.55. The normalized spacial score (nSPS) is 22.2. The Labute approximate surface area is 102 Å². The number of rotatable bonds is 2. The molecule has 0 aromatic carbocycles. The standard InChI is InChI=1S/C13H18N2O2/c1-9-6-13(2,3)7-11-14-10(8-17-4)5-12(16)15(9)11/h5-7,14H,8H2,1-4H3. The summed E-state index contributed by atoms with van der Waals surface area (Å²) in [5.41, 5.74) is 1.71. The summed E-state index contributed by atoms with van der Waals surface area (Å²) in [6.45, 7) is 6.59. The third kappa shape index (κ3) is 2.26. The SMILES string of the molecule is COCC1=CC(=O)N2C(C)=CC(C)(C)C=C2N1. The van der Waals surface area contributed by atoms with Crippen molar-refractivity contribution in [2.75, 3.05) is 13.7 Å². The van der Waals surface area contributed by atoms with E-state index in [1.165, 1.54) is 0 Å². The zero-order chi connectivity index (χ0) is 12.6. The van der Waals surface area contributed by atoms with Gasteiger partial charge in [-0.2, -0.15) is 0 Å². The van der Waals surface area contributed by atoms with Gasteiger partial charge < -0.3 is 10.1 Å². The van der Waals surface area contributed by atoms with Crippen molar-refractivity contribution in [1.82, 2.24) is 10.2 Å². The van der Waals surface area contributed by atoms with Gasteiger partial charge in [0.05, 0.1) is 6.61 Å². The van der Waals surface area contributed by atoms with E-state index in [1.54, 1.807) is 18.1 Å². The Balaban J connectivity index is 2.36. The molecule has 0 saturated heterocycles. The number of ether oxygens (including phenoxy) is 1. The molecule has 0 aromatic heterocycles. The first-order chi connectivity index (χ1) is 7.93. The molecule has 0 unspecified atom stereocenters. The van der Waals surface area contributed by atoms with Crippen LogP contribution in [0.5, 0.6) is 0 Å². The molecule has 0 spiro atoms. The predicted molar refractivity (Wildman–Crippen MR) is 65.6 cm³/mol. The molecule has 2 aliphatic heterocycles. The molecule has 2 aliphatic rings. The van der Waals surface area contributed by atoms with Crippen LogP contribution in [-0.2, 0) is 9.53 Å². The minimum Gasteiger partial charge on any atom is -0.378 e. The van der Waals surface area contributed by atoms with Crippen LogP contribution in [0, 0.1) is 5.41 Å². The smallest absolute Gasteiger partial charge is 0.258 e. The van der Waals surface area contributed by atoms with E-state index in [9.17, 15) is 4.79 Å². The quantitative estimate of drug-likeness (QED) is 0.791. The van der Waals surface area contributed by atoms with Crippen LogP contribution in [0.25, 0.3) is 0 Å². The summed E-state index contributed by atoms with van der Waals surface area (Å²) in [5.74, 6) is 0.806. The number of amides is 1. The molecule has 17 heavy (non-hydrogen) atoms. The number of methoxy groups -OCH3 is 1. The second kappa shape index (κ2) is 4.04. The maximum atomic E-state index is 12.0. The lowest BCUT2D eigenvalue weighted by Crippen LogP contribution is -2.42. The van der Waals surface area contributed by atoms with Crippen molar-refractivity contribution in [3.63, 3.8) is 0 Å². The van der Waals surface area contributed by atoms with Gasteiger partial charge in [-0.1, -0.05) is 19.9 Å². The number of carbonyl (C=O) groups excluding carboxylic acids is 1. The lowest BCUT2D eigenvalue weighted by molar-refractivity contribution is -0.123. The van der Waals surface area contributed by atoms with Crippen molar-refractivity contribution in [3.05, 3.63) is 35.4 Å². The highest BCUT2D eigenvalue weighted by atomic mass is 16.5. The minimum atomic E-state index is -0.0429. The fraction of sp³-hybridized carbons (Fsp3) is 0.462. The van der Waals surface area contributed by atoms with E-state index in [4.69, 9.17) is 4.74 Å². The van der Waals surface area contributed by atoms with E-state index in [0.29, 0.717) is 6.61 Å². The van der Waals surface area contributed by atoms with Crippen LogP contribution in [0.2, 0.25) is 0 Å². The monoisotopic (exact) mass is 234 g/mol. The van der Waals surface area contributed by atoms with Crippen LogP contribution >= 0.6 is 0 Å². The number of carbonyl (C=O) groups is 1. The molecule has 4 nitrogen and oxygen atoms in total. The number of allylic oxidation sites excluding steroid dienone is 3. The van der Waals surface area contributed by atoms with Gasteiger partial charge in [0.15, 0.2) is 0 Å². The Bertz CT molecular complexity index is 444. The maximum absolute atomic E-state index is 12.0. The second-order valence-electron chi connectivity index (χ2n) is 5.04. The van der Waals surface area contributed by atoms with E-state index >= 15 is 0 Å². The fourth-order valence-electron chi connectivity index (χ4n) is 2.28. The van der Waals surface area contributed by atoms with Crippen molar-refractivity contribution in [1.29, 1.82) is 0 Å². The predicted octanol–water partition coefficient (Wildman–Crippen LogP) is 1.73. The van der Waals surface area contributed by atoms with Crippen LogP contribution in [0.1, 0.15) is 20.8 Å². The van der Waals surface area contributed by atoms with Gasteiger partial charge >= 0.3 is 0 Å². The van der Waals surface area contributed by atoms with Crippen LogP contribution < -0.4 is 5.32 Å². The van der Waals surface area contributed by atoms with Crippen molar-refractivity contribution < 1.29 is 9.53 Å². The van der Waals surface area contributed by atoms with Crippen LogP contribution in [0.15, 0.2) is 35.4 Å². The summed E-state index contributed by atoms with van der Waals surface area (Å²) in [7, 11) is 1.61. The molecule has 0 atom stereocenters. The highest BCUT2D eigenvalue weighted by Gasteiger charge is 2.30. The van der Waals surface area contributed by atoms with Crippen molar-refractivity contribution in [2.45, 2.75) is 20.8 Å². The number of hydrogen-bond acceptors (Lipinski definition) is 3. The third-order valence-electron chi connectivity index (χ3n) is 2.79. The van der Waals surface area contributed by atoms with Crippen molar-refractivity contribution >= 4 is 5.91 Å². The molecule has 0 bridgehead atoms. The molecule has 2 rings (SSSR count).